The number of alkyl carbamates (subject to hydrolysis) is 1. The van der Waals surface area contributed by atoms with Crippen molar-refractivity contribution in [3.63, 3.8) is 0 Å². The number of nitrogens with zero attached hydrogens (tertiary/aromatic N) is 2. The molecule has 2 heterocycles. The van der Waals surface area contributed by atoms with Crippen molar-refractivity contribution in [3.8, 4) is 5.75 Å². The van der Waals surface area contributed by atoms with Crippen molar-refractivity contribution in [2.45, 2.75) is 117 Å². The Kier molecular flexibility index (Phi) is 16.1. The van der Waals surface area contributed by atoms with Crippen LogP contribution in [0.15, 0.2) is 36.4 Å². The standard InChI is InChI=1S/C35H47ClN4O7.C2H6/c1-3-5-11-17-46-35(45)39-28(16-10-8-6-7-9-13-22-18-26(22)34(43)44)33(42)40-21-24(20-29(40)32(37)41)47-30-19-23(4-2)38-31-25(30)14-12-15-27(31)36;1-2/h9,12-15,19,22,24,26,28-29H,3-8,10-11,16-18,20-21H2,1-2H3,(H2,37,41)(H,39,45)(H,43,44);1-2H3/b13-9-;/t22?,24-,26?,28+,29?;/m1./s1. The lowest BCUT2D eigenvalue weighted by atomic mass is 10.0. The van der Waals surface area contributed by atoms with E-state index in [0.29, 0.717) is 42.0 Å². The number of carbonyl (C=O) groups is 4. The Labute approximate surface area is 294 Å². The summed E-state index contributed by atoms with van der Waals surface area (Å²) in [6, 6.07) is 5.50. The molecular formula is C37H53ClN4O7. The first kappa shape index (κ1) is 39.6. The number of fused-ring (bicyclic) bond motifs is 1. The third kappa shape index (κ3) is 11.6. The fraction of sp³-hybridized carbons (Fsp3) is 0.595. The predicted octanol–water partition coefficient (Wildman–Crippen LogP) is 6.82. The Morgan fingerprint density at radius 3 is 2.57 bits per heavy atom. The van der Waals surface area contributed by atoms with E-state index in [2.05, 4.69) is 17.2 Å². The van der Waals surface area contributed by atoms with Crippen LogP contribution in [0.25, 0.3) is 10.9 Å². The number of hydrogen-bond donors (Lipinski definition) is 3. The van der Waals surface area contributed by atoms with E-state index in [-0.39, 0.29) is 31.4 Å². The molecule has 270 valence electrons. The van der Waals surface area contributed by atoms with E-state index in [0.717, 1.165) is 49.6 Å². The van der Waals surface area contributed by atoms with Crippen LogP contribution in [0.2, 0.25) is 5.02 Å². The second-order valence-corrected chi connectivity index (χ2v) is 12.8. The van der Waals surface area contributed by atoms with Gasteiger partial charge < -0.3 is 30.5 Å². The number of halogens is 1. The fourth-order valence-electron chi connectivity index (χ4n) is 6.02. The monoisotopic (exact) mass is 700 g/mol. The van der Waals surface area contributed by atoms with Gasteiger partial charge in [-0.15, -0.1) is 0 Å². The highest BCUT2D eigenvalue weighted by Crippen LogP contribution is 2.39. The summed E-state index contributed by atoms with van der Waals surface area (Å²) in [6.45, 7) is 8.41. The minimum absolute atomic E-state index is 0.116. The first-order valence-electron chi connectivity index (χ1n) is 17.8. The SMILES string of the molecule is CC.CCCCCOC(=O)N[C@@H](CCCCC/C=C\C1CC1C(=O)O)C(=O)N1C[C@H](Oc2cc(CC)nc3c(Cl)cccc23)CC1C(N)=O. The van der Waals surface area contributed by atoms with Crippen LogP contribution in [-0.2, 0) is 25.5 Å². The number of ether oxygens (including phenoxy) is 2. The molecule has 4 rings (SSSR count). The zero-order valence-electron chi connectivity index (χ0n) is 29.3. The van der Waals surface area contributed by atoms with Crippen molar-refractivity contribution in [2.24, 2.45) is 17.6 Å². The molecule has 11 nitrogen and oxygen atoms in total. The summed E-state index contributed by atoms with van der Waals surface area (Å²) in [4.78, 5) is 56.3. The quantitative estimate of drug-likeness (QED) is 0.113. The average Bonchev–Trinajstić information content (AvgIpc) is 3.76. The van der Waals surface area contributed by atoms with Gasteiger partial charge in [-0.2, -0.15) is 0 Å². The van der Waals surface area contributed by atoms with Crippen LogP contribution in [-0.4, -0.2) is 70.2 Å². The maximum atomic E-state index is 14.0. The van der Waals surface area contributed by atoms with E-state index in [4.69, 9.17) is 31.9 Å². The zero-order chi connectivity index (χ0) is 35.9. The van der Waals surface area contributed by atoms with Crippen molar-refractivity contribution in [1.29, 1.82) is 0 Å². The number of amides is 3. The number of aromatic nitrogens is 1. The maximum Gasteiger partial charge on any atom is 0.407 e. The molecule has 0 spiro atoms. The minimum Gasteiger partial charge on any atom is -0.488 e. The zero-order valence-corrected chi connectivity index (χ0v) is 30.0. The van der Waals surface area contributed by atoms with Gasteiger partial charge in [0.15, 0.2) is 0 Å². The van der Waals surface area contributed by atoms with Gasteiger partial charge in [0, 0.05) is 23.6 Å². The molecule has 12 heteroatoms. The summed E-state index contributed by atoms with van der Waals surface area (Å²) in [5.74, 6) is -1.37. The molecule has 2 aromatic rings. The maximum absolute atomic E-state index is 14.0. The number of rotatable bonds is 18. The number of para-hydroxylation sites is 1. The molecule has 1 aliphatic heterocycles. The lowest BCUT2D eigenvalue weighted by Crippen LogP contribution is -2.53. The van der Waals surface area contributed by atoms with Crippen molar-refractivity contribution in [3.05, 3.63) is 47.1 Å². The third-order valence-corrected chi connectivity index (χ3v) is 9.12. The molecular weight excluding hydrogens is 648 g/mol. The highest BCUT2D eigenvalue weighted by Gasteiger charge is 2.43. The lowest BCUT2D eigenvalue weighted by Gasteiger charge is -2.27. The molecule has 1 aliphatic carbocycles. The van der Waals surface area contributed by atoms with Crippen LogP contribution in [0.4, 0.5) is 4.79 Å². The van der Waals surface area contributed by atoms with Crippen LogP contribution in [0.5, 0.6) is 5.75 Å². The molecule has 4 N–H and O–H groups in total. The molecule has 3 amide bonds. The number of allylic oxidation sites excluding steroid dienone is 2. The van der Waals surface area contributed by atoms with Crippen molar-refractivity contribution >= 4 is 46.4 Å². The molecule has 1 saturated carbocycles. The third-order valence-electron chi connectivity index (χ3n) is 8.81. The molecule has 0 bridgehead atoms. The van der Waals surface area contributed by atoms with Gasteiger partial charge in [0.05, 0.1) is 29.6 Å². The smallest absolute Gasteiger partial charge is 0.407 e. The number of primary amides is 1. The molecule has 1 aromatic heterocycles. The van der Waals surface area contributed by atoms with E-state index < -0.39 is 42.1 Å². The van der Waals surface area contributed by atoms with E-state index in [1.165, 1.54) is 4.90 Å². The summed E-state index contributed by atoms with van der Waals surface area (Å²) >= 11 is 6.44. The average molecular weight is 701 g/mol. The first-order valence-corrected chi connectivity index (χ1v) is 18.2. The van der Waals surface area contributed by atoms with Gasteiger partial charge in [-0.25, -0.2) is 4.79 Å². The molecule has 2 aliphatic rings. The molecule has 1 aromatic carbocycles. The minimum atomic E-state index is -0.903. The van der Waals surface area contributed by atoms with Crippen LogP contribution in [0.3, 0.4) is 0 Å². The Bertz CT molecular complexity index is 1450. The normalized spacial score (nSPS) is 20.4. The number of carboxylic acids is 1. The number of nitrogens with one attached hydrogen (secondary N) is 1. The number of aryl methyl sites for hydroxylation is 1. The predicted molar refractivity (Wildman–Crippen MR) is 190 cm³/mol. The molecule has 5 atom stereocenters. The molecule has 1 saturated heterocycles. The van der Waals surface area contributed by atoms with Crippen LogP contribution in [0.1, 0.15) is 97.6 Å². The van der Waals surface area contributed by atoms with E-state index >= 15 is 0 Å². The summed E-state index contributed by atoms with van der Waals surface area (Å²) in [7, 11) is 0. The second-order valence-electron chi connectivity index (χ2n) is 12.4. The molecule has 49 heavy (non-hydrogen) atoms. The summed E-state index contributed by atoms with van der Waals surface area (Å²) in [5.41, 5.74) is 7.20. The largest absolute Gasteiger partial charge is 0.488 e. The van der Waals surface area contributed by atoms with Gasteiger partial charge in [0.1, 0.15) is 23.9 Å². The van der Waals surface area contributed by atoms with Gasteiger partial charge in [0.2, 0.25) is 11.8 Å². The Morgan fingerprint density at radius 2 is 1.90 bits per heavy atom. The van der Waals surface area contributed by atoms with Gasteiger partial charge in [-0.1, -0.05) is 83.2 Å². The highest BCUT2D eigenvalue weighted by atomic mass is 35.5. The fourth-order valence-corrected chi connectivity index (χ4v) is 6.23. The van der Waals surface area contributed by atoms with Crippen molar-refractivity contribution < 1.29 is 33.8 Å². The number of carboxylic acid groups (broad SMARTS) is 1. The first-order chi connectivity index (χ1) is 23.6. The summed E-state index contributed by atoms with van der Waals surface area (Å²) in [5, 5.41) is 13.0. The van der Waals surface area contributed by atoms with Crippen molar-refractivity contribution in [1.82, 2.24) is 15.2 Å². The van der Waals surface area contributed by atoms with E-state index in [9.17, 15) is 19.2 Å². The Morgan fingerprint density at radius 1 is 1.12 bits per heavy atom. The summed E-state index contributed by atoms with van der Waals surface area (Å²) in [6.07, 6.45) is 10.5. The van der Waals surface area contributed by atoms with Gasteiger partial charge in [0.25, 0.3) is 0 Å². The van der Waals surface area contributed by atoms with Crippen LogP contribution in [0, 0.1) is 11.8 Å². The van der Waals surface area contributed by atoms with Crippen molar-refractivity contribution in [2.75, 3.05) is 13.2 Å². The van der Waals surface area contributed by atoms with Gasteiger partial charge in [-0.05, 0) is 56.6 Å². The molecule has 0 radical (unpaired) electrons. The van der Waals surface area contributed by atoms with E-state index in [1.807, 2.05) is 51.1 Å². The Balaban J connectivity index is 0.00000319. The topological polar surface area (TPSA) is 161 Å². The van der Waals surface area contributed by atoms with Gasteiger partial charge in [-0.3, -0.25) is 19.4 Å². The number of unbranched alkanes of at least 4 members (excludes halogenated alkanes) is 5. The summed E-state index contributed by atoms with van der Waals surface area (Å²) < 4.78 is 11.8. The number of pyridine rings is 1. The lowest BCUT2D eigenvalue weighted by molar-refractivity contribution is -0.139. The number of hydrogen-bond acceptors (Lipinski definition) is 7. The number of aliphatic carboxylic acids is 1. The van der Waals surface area contributed by atoms with Crippen LogP contribution >= 0.6 is 11.6 Å². The van der Waals surface area contributed by atoms with Gasteiger partial charge >= 0.3 is 12.1 Å². The Hall–Kier alpha value is -3.86. The number of nitrogens with two attached hydrogens (primary N) is 1. The number of carbonyl (C=O) groups excluding carboxylic acids is 3. The number of benzene rings is 1. The van der Waals surface area contributed by atoms with E-state index in [1.54, 1.807) is 6.07 Å². The second kappa shape index (κ2) is 20.0. The van der Waals surface area contributed by atoms with Crippen LogP contribution < -0.4 is 15.8 Å². The number of likely N-dealkylation sites (tertiary alicyclic amines) is 1. The molecule has 2 fully saturated rings. The molecule has 3 unspecified atom stereocenters. The highest BCUT2D eigenvalue weighted by molar-refractivity contribution is 6.35.